The molecule has 0 aliphatic heterocycles. The molecule has 0 atom stereocenters. The number of aliphatic carboxylic acids is 1. The normalized spacial score (nSPS) is 10.7. The maximum absolute atomic E-state index is 12.6. The number of carbonyl (C=O) groups is 2. The quantitative estimate of drug-likeness (QED) is 0.340. The van der Waals surface area contributed by atoms with Gasteiger partial charge in [0.1, 0.15) is 42.0 Å². The van der Waals surface area contributed by atoms with Crippen LogP contribution in [-0.4, -0.2) is 52.4 Å². The summed E-state index contributed by atoms with van der Waals surface area (Å²) in [4.78, 5) is 29.7. The molecule has 192 valence electrons. The second kappa shape index (κ2) is 11.3. The summed E-state index contributed by atoms with van der Waals surface area (Å²) in [5.41, 5.74) is 2.50. The van der Waals surface area contributed by atoms with E-state index in [1.807, 2.05) is 29.8 Å². The predicted molar refractivity (Wildman–Crippen MR) is 135 cm³/mol. The number of rotatable bonds is 10. The molecule has 1 aromatic heterocycles. The Balaban J connectivity index is 1.39. The summed E-state index contributed by atoms with van der Waals surface area (Å²) in [5, 5.41) is 9.27. The molecule has 0 saturated carbocycles. The summed E-state index contributed by atoms with van der Waals surface area (Å²) in [6.45, 7) is -0.203. The topological polar surface area (TPSA) is 112 Å². The fourth-order valence-corrected chi connectivity index (χ4v) is 3.69. The maximum atomic E-state index is 12.6. The van der Waals surface area contributed by atoms with Crippen LogP contribution >= 0.6 is 0 Å². The Morgan fingerprint density at radius 2 is 1.51 bits per heavy atom. The van der Waals surface area contributed by atoms with Crippen LogP contribution in [0, 0.1) is 0 Å². The number of amides is 1. The number of carboxylic acid groups (broad SMARTS) is 1. The Bertz CT molecular complexity index is 1380. The van der Waals surface area contributed by atoms with E-state index >= 15 is 0 Å². The van der Waals surface area contributed by atoms with Crippen molar-refractivity contribution in [1.29, 1.82) is 0 Å². The van der Waals surface area contributed by atoms with E-state index in [1.165, 1.54) is 7.11 Å². The number of hydrogen-bond acceptors (Lipinski definition) is 7. The standard InChI is InChI=1S/C27H27N3O7/c1-29-24-14-22(35-3)12-13-23(24)28-25(29)17-36-20-6-4-18(5-7-20)15-30(16-26(31)32)27(33)37-21-10-8-19(34-2)9-11-21/h4-14H,15-17H2,1-3H3,(H,31,32). The highest BCUT2D eigenvalue weighted by molar-refractivity contribution is 5.78. The molecule has 0 fully saturated rings. The molecule has 0 aliphatic rings. The molecule has 1 N–H and O–H groups in total. The van der Waals surface area contributed by atoms with Crippen LogP contribution in [0.2, 0.25) is 0 Å². The Hall–Kier alpha value is -4.73. The van der Waals surface area contributed by atoms with Crippen LogP contribution in [-0.2, 0) is 25.0 Å². The SMILES string of the molecule is COc1ccc(OC(=O)N(CC(=O)O)Cc2ccc(OCc3nc4ccc(OC)cc4n3C)cc2)cc1. The van der Waals surface area contributed by atoms with E-state index < -0.39 is 18.6 Å². The van der Waals surface area contributed by atoms with Gasteiger partial charge in [0.2, 0.25) is 0 Å². The summed E-state index contributed by atoms with van der Waals surface area (Å²) in [6, 6.07) is 19.2. The Kier molecular flexibility index (Phi) is 7.77. The number of carboxylic acids is 1. The van der Waals surface area contributed by atoms with Gasteiger partial charge in [0.25, 0.3) is 0 Å². The van der Waals surface area contributed by atoms with Crippen molar-refractivity contribution in [2.45, 2.75) is 13.2 Å². The molecule has 10 nitrogen and oxygen atoms in total. The molecule has 37 heavy (non-hydrogen) atoms. The number of aryl methyl sites for hydroxylation is 1. The number of hydrogen-bond donors (Lipinski definition) is 1. The number of ether oxygens (including phenoxy) is 4. The van der Waals surface area contributed by atoms with Gasteiger partial charge in [-0.3, -0.25) is 9.69 Å². The predicted octanol–water partition coefficient (Wildman–Crippen LogP) is 4.26. The first kappa shape index (κ1) is 25.4. The molecule has 0 bridgehead atoms. The highest BCUT2D eigenvalue weighted by Gasteiger charge is 2.20. The summed E-state index contributed by atoms with van der Waals surface area (Å²) < 4.78 is 23.6. The molecule has 0 aliphatic carbocycles. The van der Waals surface area contributed by atoms with E-state index in [0.717, 1.165) is 33.1 Å². The summed E-state index contributed by atoms with van der Waals surface area (Å²) >= 11 is 0. The van der Waals surface area contributed by atoms with Crippen LogP contribution in [0.1, 0.15) is 11.4 Å². The monoisotopic (exact) mass is 505 g/mol. The number of benzene rings is 3. The molecule has 3 aromatic carbocycles. The van der Waals surface area contributed by atoms with Gasteiger partial charge in [-0.25, -0.2) is 9.78 Å². The van der Waals surface area contributed by atoms with Crippen LogP contribution in [0.4, 0.5) is 4.79 Å². The zero-order valence-corrected chi connectivity index (χ0v) is 20.7. The Morgan fingerprint density at radius 1 is 0.892 bits per heavy atom. The van der Waals surface area contributed by atoms with Crippen molar-refractivity contribution < 1.29 is 33.6 Å². The molecular formula is C27H27N3O7. The second-order valence-electron chi connectivity index (χ2n) is 8.17. The molecule has 1 amide bonds. The molecule has 10 heteroatoms. The average Bonchev–Trinajstić information content (AvgIpc) is 3.22. The van der Waals surface area contributed by atoms with Gasteiger partial charge in [-0.1, -0.05) is 12.1 Å². The number of aromatic nitrogens is 2. The molecule has 0 unspecified atom stereocenters. The van der Waals surface area contributed by atoms with E-state index in [4.69, 9.17) is 18.9 Å². The summed E-state index contributed by atoms with van der Waals surface area (Å²) in [6.07, 6.45) is -0.772. The lowest BCUT2D eigenvalue weighted by Gasteiger charge is -2.20. The van der Waals surface area contributed by atoms with Crippen molar-refractivity contribution in [3.8, 4) is 23.0 Å². The molecule has 0 saturated heterocycles. The summed E-state index contributed by atoms with van der Waals surface area (Å²) in [5.74, 6) is 1.86. The third kappa shape index (κ3) is 6.29. The fourth-order valence-electron chi connectivity index (χ4n) is 3.69. The van der Waals surface area contributed by atoms with Crippen molar-refractivity contribution in [1.82, 2.24) is 14.5 Å². The van der Waals surface area contributed by atoms with Gasteiger partial charge in [-0.05, 0) is 54.1 Å². The van der Waals surface area contributed by atoms with Crippen molar-refractivity contribution in [2.75, 3.05) is 20.8 Å². The molecule has 4 rings (SSSR count). The van der Waals surface area contributed by atoms with Gasteiger partial charge in [-0.15, -0.1) is 0 Å². The first-order valence-electron chi connectivity index (χ1n) is 11.4. The minimum atomic E-state index is -1.15. The molecule has 4 aromatic rings. The number of imidazole rings is 1. The molecular weight excluding hydrogens is 478 g/mol. The van der Waals surface area contributed by atoms with Gasteiger partial charge in [-0.2, -0.15) is 0 Å². The zero-order chi connectivity index (χ0) is 26.4. The van der Waals surface area contributed by atoms with E-state index in [-0.39, 0.29) is 18.9 Å². The third-order valence-electron chi connectivity index (χ3n) is 5.69. The van der Waals surface area contributed by atoms with Crippen LogP contribution in [0.25, 0.3) is 11.0 Å². The van der Waals surface area contributed by atoms with Crippen molar-refractivity contribution in [3.05, 3.63) is 78.1 Å². The zero-order valence-electron chi connectivity index (χ0n) is 20.7. The highest BCUT2D eigenvalue weighted by Crippen LogP contribution is 2.23. The van der Waals surface area contributed by atoms with Crippen LogP contribution in [0.5, 0.6) is 23.0 Å². The Morgan fingerprint density at radius 3 is 2.16 bits per heavy atom. The smallest absolute Gasteiger partial charge is 0.416 e. The van der Waals surface area contributed by atoms with E-state index in [0.29, 0.717) is 11.5 Å². The van der Waals surface area contributed by atoms with E-state index in [9.17, 15) is 14.7 Å². The lowest BCUT2D eigenvalue weighted by molar-refractivity contribution is -0.138. The van der Waals surface area contributed by atoms with E-state index in [1.54, 1.807) is 55.6 Å². The lowest BCUT2D eigenvalue weighted by Crippen LogP contribution is -2.37. The maximum Gasteiger partial charge on any atom is 0.416 e. The number of fused-ring (bicyclic) bond motifs is 1. The Labute approximate surface area is 213 Å². The minimum Gasteiger partial charge on any atom is -0.497 e. The van der Waals surface area contributed by atoms with Gasteiger partial charge in [0, 0.05) is 19.7 Å². The van der Waals surface area contributed by atoms with Crippen LogP contribution in [0.3, 0.4) is 0 Å². The van der Waals surface area contributed by atoms with Gasteiger partial charge in [0.15, 0.2) is 0 Å². The molecule has 1 heterocycles. The second-order valence-corrected chi connectivity index (χ2v) is 8.17. The fraction of sp³-hybridized carbons (Fsp3) is 0.222. The van der Waals surface area contributed by atoms with Gasteiger partial charge >= 0.3 is 12.1 Å². The van der Waals surface area contributed by atoms with Gasteiger partial charge in [0.05, 0.1) is 25.3 Å². The van der Waals surface area contributed by atoms with Crippen molar-refractivity contribution in [2.24, 2.45) is 7.05 Å². The number of carbonyl (C=O) groups excluding carboxylic acids is 1. The molecule has 0 spiro atoms. The van der Waals surface area contributed by atoms with Gasteiger partial charge < -0.3 is 28.6 Å². The first-order valence-corrected chi connectivity index (χ1v) is 11.4. The third-order valence-corrected chi connectivity index (χ3v) is 5.69. The number of nitrogens with zero attached hydrogens (tertiary/aromatic N) is 3. The average molecular weight is 506 g/mol. The highest BCUT2D eigenvalue weighted by atomic mass is 16.6. The van der Waals surface area contributed by atoms with Crippen LogP contribution < -0.4 is 18.9 Å². The van der Waals surface area contributed by atoms with Crippen molar-refractivity contribution in [3.63, 3.8) is 0 Å². The summed E-state index contributed by atoms with van der Waals surface area (Å²) in [7, 11) is 5.07. The van der Waals surface area contributed by atoms with E-state index in [2.05, 4.69) is 4.98 Å². The van der Waals surface area contributed by atoms with Crippen molar-refractivity contribution >= 4 is 23.1 Å². The van der Waals surface area contributed by atoms with Crippen LogP contribution in [0.15, 0.2) is 66.7 Å². The number of methoxy groups -OCH3 is 2. The molecule has 0 radical (unpaired) electrons. The minimum absolute atomic E-state index is 0.0498. The first-order chi connectivity index (χ1) is 17.9. The lowest BCUT2D eigenvalue weighted by atomic mass is 10.2. The largest absolute Gasteiger partial charge is 0.497 e.